The van der Waals surface area contributed by atoms with E-state index in [9.17, 15) is 14.4 Å². The van der Waals surface area contributed by atoms with Crippen LogP contribution < -0.4 is 11.1 Å². The predicted octanol–water partition coefficient (Wildman–Crippen LogP) is 0.293. The molecule has 0 bridgehead atoms. The van der Waals surface area contributed by atoms with Crippen LogP contribution in [-0.4, -0.2) is 58.9 Å². The maximum Gasteiger partial charge on any atom is 0.325 e. The van der Waals surface area contributed by atoms with Crippen LogP contribution in [0.1, 0.15) is 40.0 Å². The Labute approximate surface area is 131 Å². The number of carbonyl (C=O) groups excluding carboxylic acids is 3. The number of hydrogen-bond donors (Lipinski definition) is 2. The molecule has 0 aromatic carbocycles. The van der Waals surface area contributed by atoms with E-state index in [-0.39, 0.29) is 5.91 Å². The van der Waals surface area contributed by atoms with Crippen molar-refractivity contribution < 1.29 is 14.4 Å². The van der Waals surface area contributed by atoms with Crippen LogP contribution in [0.4, 0.5) is 4.79 Å². The smallest absolute Gasteiger partial charge is 0.325 e. The first-order chi connectivity index (χ1) is 10.3. The number of carbonyl (C=O) groups is 3. The van der Waals surface area contributed by atoms with Gasteiger partial charge in [0.05, 0.1) is 0 Å². The van der Waals surface area contributed by atoms with Gasteiger partial charge < -0.3 is 16.0 Å². The van der Waals surface area contributed by atoms with Crippen molar-refractivity contribution in [3.63, 3.8) is 0 Å². The molecule has 2 aliphatic heterocycles. The minimum Gasteiger partial charge on any atom is -0.368 e. The third-order valence-corrected chi connectivity index (χ3v) is 4.55. The van der Waals surface area contributed by atoms with Crippen LogP contribution >= 0.6 is 0 Å². The van der Waals surface area contributed by atoms with Crippen LogP contribution in [-0.2, 0) is 9.59 Å². The molecule has 1 atom stereocenters. The van der Waals surface area contributed by atoms with Gasteiger partial charge in [0, 0.05) is 19.6 Å². The summed E-state index contributed by atoms with van der Waals surface area (Å²) in [6, 6.07) is -1.35. The summed E-state index contributed by atoms with van der Waals surface area (Å²) in [4.78, 5) is 39.8. The van der Waals surface area contributed by atoms with Gasteiger partial charge in [0.25, 0.3) is 5.91 Å². The molecule has 0 aromatic rings. The van der Waals surface area contributed by atoms with Gasteiger partial charge in [-0.3, -0.25) is 9.59 Å². The van der Waals surface area contributed by atoms with Gasteiger partial charge >= 0.3 is 6.03 Å². The average molecular weight is 310 g/mol. The molecule has 1 unspecified atom stereocenters. The predicted molar refractivity (Wildman–Crippen MR) is 81.9 cm³/mol. The summed E-state index contributed by atoms with van der Waals surface area (Å²) in [5, 5.41) is 2.82. The van der Waals surface area contributed by atoms with Crippen molar-refractivity contribution in [2.24, 2.45) is 11.7 Å². The van der Waals surface area contributed by atoms with Gasteiger partial charge in [-0.1, -0.05) is 20.8 Å². The maximum absolute atomic E-state index is 12.7. The number of nitrogens with one attached hydrogen (secondary N) is 1. The number of imide groups is 1. The molecule has 1 spiro atoms. The highest BCUT2D eigenvalue weighted by molar-refractivity contribution is 6.09. The Bertz CT molecular complexity index is 469. The first-order valence-electron chi connectivity index (χ1n) is 7.98. The number of urea groups is 1. The van der Waals surface area contributed by atoms with Gasteiger partial charge in [0.1, 0.15) is 11.6 Å². The SMILES string of the molecule is CCC(C(N)=O)N1C(=O)NC2(CCN(CC(C)C)CC2)C1=O. The Morgan fingerprint density at radius 2 is 1.91 bits per heavy atom. The van der Waals surface area contributed by atoms with Crippen molar-refractivity contribution in [2.75, 3.05) is 19.6 Å². The van der Waals surface area contributed by atoms with Gasteiger partial charge in [-0.2, -0.15) is 0 Å². The van der Waals surface area contributed by atoms with Crippen LogP contribution in [0.2, 0.25) is 0 Å². The first kappa shape index (κ1) is 16.7. The van der Waals surface area contributed by atoms with E-state index >= 15 is 0 Å². The quantitative estimate of drug-likeness (QED) is 0.714. The molecular formula is C15H26N4O3. The van der Waals surface area contributed by atoms with Gasteiger partial charge in [-0.05, 0) is 25.2 Å². The van der Waals surface area contributed by atoms with Crippen LogP contribution in [0.3, 0.4) is 0 Å². The molecule has 0 aliphatic carbocycles. The summed E-state index contributed by atoms with van der Waals surface area (Å²) < 4.78 is 0. The monoisotopic (exact) mass is 310 g/mol. The molecular weight excluding hydrogens is 284 g/mol. The highest BCUT2D eigenvalue weighted by atomic mass is 16.2. The first-order valence-corrected chi connectivity index (χ1v) is 7.98. The molecule has 22 heavy (non-hydrogen) atoms. The van der Waals surface area contributed by atoms with Crippen molar-refractivity contribution in [1.82, 2.24) is 15.1 Å². The summed E-state index contributed by atoms with van der Waals surface area (Å²) in [7, 11) is 0. The van der Waals surface area contributed by atoms with E-state index in [1.165, 1.54) is 0 Å². The third kappa shape index (κ3) is 2.95. The van der Waals surface area contributed by atoms with Crippen LogP contribution in [0, 0.1) is 5.92 Å². The Kier molecular flexibility index (Phi) is 4.75. The molecule has 0 aromatic heterocycles. The minimum atomic E-state index is -0.861. The molecule has 2 saturated heterocycles. The summed E-state index contributed by atoms with van der Waals surface area (Å²) >= 11 is 0. The summed E-state index contributed by atoms with van der Waals surface area (Å²) in [5.41, 5.74) is 4.47. The minimum absolute atomic E-state index is 0.299. The second kappa shape index (κ2) is 6.24. The molecule has 2 rings (SSSR count). The zero-order valence-corrected chi connectivity index (χ0v) is 13.6. The molecule has 4 amide bonds. The topological polar surface area (TPSA) is 95.7 Å². The molecule has 7 heteroatoms. The zero-order valence-electron chi connectivity index (χ0n) is 13.6. The lowest BCUT2D eigenvalue weighted by atomic mass is 9.87. The highest BCUT2D eigenvalue weighted by Crippen LogP contribution is 2.31. The fourth-order valence-corrected chi connectivity index (χ4v) is 3.41. The number of likely N-dealkylation sites (tertiary alicyclic amines) is 1. The Morgan fingerprint density at radius 1 is 1.32 bits per heavy atom. The van der Waals surface area contributed by atoms with Crippen molar-refractivity contribution in [3.05, 3.63) is 0 Å². The van der Waals surface area contributed by atoms with E-state index in [4.69, 9.17) is 5.73 Å². The second-order valence-corrected chi connectivity index (χ2v) is 6.71. The number of primary amides is 1. The Hall–Kier alpha value is -1.63. The van der Waals surface area contributed by atoms with E-state index in [0.717, 1.165) is 24.5 Å². The fraction of sp³-hybridized carbons (Fsp3) is 0.800. The molecule has 124 valence electrons. The summed E-state index contributed by atoms with van der Waals surface area (Å²) in [6.45, 7) is 8.59. The maximum atomic E-state index is 12.7. The lowest BCUT2D eigenvalue weighted by Gasteiger charge is -2.38. The average Bonchev–Trinajstić information content (AvgIpc) is 2.66. The number of nitrogens with zero attached hydrogens (tertiary/aromatic N) is 2. The normalized spacial score (nSPS) is 23.2. The van der Waals surface area contributed by atoms with Crippen molar-refractivity contribution >= 4 is 17.8 Å². The number of rotatable bonds is 5. The standard InChI is InChI=1S/C15H26N4O3/c1-4-11(12(16)20)19-13(21)15(17-14(19)22)5-7-18(8-6-15)9-10(2)3/h10-11H,4-9H2,1-3H3,(H2,16,20)(H,17,22). The van der Waals surface area contributed by atoms with Crippen molar-refractivity contribution in [3.8, 4) is 0 Å². The molecule has 2 fully saturated rings. The van der Waals surface area contributed by atoms with E-state index in [2.05, 4.69) is 24.1 Å². The lowest BCUT2D eigenvalue weighted by molar-refractivity contribution is -0.138. The fourth-order valence-electron chi connectivity index (χ4n) is 3.41. The Balaban J connectivity index is 2.10. The number of amides is 4. The van der Waals surface area contributed by atoms with Gasteiger partial charge in [-0.15, -0.1) is 0 Å². The largest absolute Gasteiger partial charge is 0.368 e. The molecule has 2 heterocycles. The third-order valence-electron chi connectivity index (χ3n) is 4.55. The van der Waals surface area contributed by atoms with Gasteiger partial charge in [0.15, 0.2) is 0 Å². The molecule has 2 aliphatic rings. The van der Waals surface area contributed by atoms with E-state index in [1.807, 2.05) is 0 Å². The summed E-state index contributed by atoms with van der Waals surface area (Å²) in [5.74, 6) is -0.369. The van der Waals surface area contributed by atoms with E-state index < -0.39 is 23.5 Å². The van der Waals surface area contributed by atoms with Gasteiger partial charge in [-0.25, -0.2) is 9.69 Å². The van der Waals surface area contributed by atoms with Crippen LogP contribution in [0.15, 0.2) is 0 Å². The zero-order chi connectivity index (χ0) is 16.5. The van der Waals surface area contributed by atoms with E-state index in [1.54, 1.807) is 6.92 Å². The summed E-state index contributed by atoms with van der Waals surface area (Å²) in [6.07, 6.45) is 1.50. The van der Waals surface area contributed by atoms with E-state index in [0.29, 0.717) is 25.2 Å². The van der Waals surface area contributed by atoms with Gasteiger partial charge in [0.2, 0.25) is 5.91 Å². The van der Waals surface area contributed by atoms with Crippen LogP contribution in [0.5, 0.6) is 0 Å². The number of hydrogen-bond acceptors (Lipinski definition) is 4. The van der Waals surface area contributed by atoms with Crippen molar-refractivity contribution in [2.45, 2.75) is 51.6 Å². The molecule has 0 radical (unpaired) electrons. The number of nitrogens with two attached hydrogens (primary N) is 1. The Morgan fingerprint density at radius 3 is 2.36 bits per heavy atom. The van der Waals surface area contributed by atoms with Crippen LogP contribution in [0.25, 0.3) is 0 Å². The lowest BCUT2D eigenvalue weighted by Crippen LogP contribution is -2.56. The molecule has 0 saturated carbocycles. The number of piperidine rings is 1. The second-order valence-electron chi connectivity index (χ2n) is 6.71. The van der Waals surface area contributed by atoms with Crippen molar-refractivity contribution in [1.29, 1.82) is 0 Å². The molecule has 7 nitrogen and oxygen atoms in total. The highest BCUT2D eigenvalue weighted by Gasteiger charge is 2.54. The molecule has 3 N–H and O–H groups in total.